The first-order valence-electron chi connectivity index (χ1n) is 8.82. The minimum Gasteiger partial charge on any atom is -0.493 e. The van der Waals surface area contributed by atoms with Crippen LogP contribution in [0.25, 0.3) is 0 Å². The van der Waals surface area contributed by atoms with Gasteiger partial charge in [0.1, 0.15) is 0 Å². The van der Waals surface area contributed by atoms with Gasteiger partial charge in [0.25, 0.3) is 0 Å². The maximum absolute atomic E-state index is 5.51. The molecule has 1 N–H and O–H groups in total. The third-order valence-corrected chi connectivity index (χ3v) is 4.39. The van der Waals surface area contributed by atoms with E-state index in [-0.39, 0.29) is 24.0 Å². The van der Waals surface area contributed by atoms with Gasteiger partial charge in [-0.05, 0) is 31.2 Å². The van der Waals surface area contributed by atoms with Crippen LogP contribution in [0.2, 0.25) is 0 Å². The SMILES string of the molecule is CCNC(=NCc1cccc(OC)c1OC)N1CC(C)CC(C)C1.I. The Morgan fingerprint density at radius 1 is 1.20 bits per heavy atom. The second-order valence-corrected chi connectivity index (χ2v) is 6.67. The van der Waals surface area contributed by atoms with Gasteiger partial charge in [-0.1, -0.05) is 26.0 Å². The highest BCUT2D eigenvalue weighted by Crippen LogP contribution is 2.31. The monoisotopic (exact) mass is 461 g/mol. The van der Waals surface area contributed by atoms with Crippen molar-refractivity contribution in [3.63, 3.8) is 0 Å². The van der Waals surface area contributed by atoms with Crippen molar-refractivity contribution >= 4 is 29.9 Å². The first-order valence-corrected chi connectivity index (χ1v) is 8.82. The van der Waals surface area contributed by atoms with E-state index in [1.54, 1.807) is 14.2 Å². The Morgan fingerprint density at radius 3 is 2.44 bits per heavy atom. The number of halogens is 1. The Balaban J connectivity index is 0.00000312. The molecule has 5 nitrogen and oxygen atoms in total. The molecular formula is C19H32IN3O2. The average Bonchev–Trinajstić information content (AvgIpc) is 2.57. The molecule has 0 spiro atoms. The summed E-state index contributed by atoms with van der Waals surface area (Å²) in [6.45, 7) is 10.3. The van der Waals surface area contributed by atoms with E-state index in [0.717, 1.165) is 42.7 Å². The number of hydrogen-bond acceptors (Lipinski definition) is 3. The molecule has 2 unspecified atom stereocenters. The predicted molar refractivity (Wildman–Crippen MR) is 114 cm³/mol. The van der Waals surface area contributed by atoms with Crippen LogP contribution in [0.4, 0.5) is 0 Å². The summed E-state index contributed by atoms with van der Waals surface area (Å²) in [4.78, 5) is 7.24. The van der Waals surface area contributed by atoms with Gasteiger partial charge in [0.05, 0.1) is 20.8 Å². The van der Waals surface area contributed by atoms with Crippen molar-refractivity contribution in [3.05, 3.63) is 23.8 Å². The van der Waals surface area contributed by atoms with Crippen LogP contribution in [-0.2, 0) is 6.54 Å². The summed E-state index contributed by atoms with van der Waals surface area (Å²) in [5, 5.41) is 3.43. The molecule has 2 rings (SSSR count). The summed E-state index contributed by atoms with van der Waals surface area (Å²) < 4.78 is 10.9. The zero-order chi connectivity index (χ0) is 17.5. The molecule has 1 aromatic rings. The fourth-order valence-corrected chi connectivity index (χ4v) is 3.50. The van der Waals surface area contributed by atoms with Crippen LogP contribution in [0, 0.1) is 11.8 Å². The van der Waals surface area contributed by atoms with E-state index in [9.17, 15) is 0 Å². The van der Waals surface area contributed by atoms with E-state index in [0.29, 0.717) is 18.4 Å². The van der Waals surface area contributed by atoms with E-state index in [4.69, 9.17) is 14.5 Å². The molecule has 142 valence electrons. The number of nitrogens with one attached hydrogen (secondary N) is 1. The Kier molecular flexibility index (Phi) is 9.38. The Bertz CT molecular complexity index is 556. The molecule has 1 heterocycles. The summed E-state index contributed by atoms with van der Waals surface area (Å²) in [6.07, 6.45) is 1.29. The second kappa shape index (κ2) is 10.7. The lowest BCUT2D eigenvalue weighted by Crippen LogP contribution is -2.48. The standard InChI is InChI=1S/C19H31N3O2.HI/c1-6-20-19(22-12-14(2)10-15(3)13-22)21-11-16-8-7-9-17(23-4)18(16)24-5;/h7-9,14-15H,6,10-13H2,1-5H3,(H,20,21);1H. The topological polar surface area (TPSA) is 46.1 Å². The van der Waals surface area contributed by atoms with Gasteiger partial charge in [-0.25, -0.2) is 4.99 Å². The number of rotatable bonds is 5. The first kappa shape index (κ1) is 21.9. The van der Waals surface area contributed by atoms with Crippen LogP contribution in [0.1, 0.15) is 32.8 Å². The molecule has 1 aromatic carbocycles. The lowest BCUT2D eigenvalue weighted by Gasteiger charge is -2.37. The molecular weight excluding hydrogens is 429 g/mol. The second-order valence-electron chi connectivity index (χ2n) is 6.67. The maximum atomic E-state index is 5.51. The minimum absolute atomic E-state index is 0. The number of piperidine rings is 1. The van der Waals surface area contributed by atoms with Gasteiger partial charge in [-0.15, -0.1) is 24.0 Å². The van der Waals surface area contributed by atoms with Crippen molar-refractivity contribution in [2.24, 2.45) is 16.8 Å². The lowest BCUT2D eigenvalue weighted by molar-refractivity contribution is 0.208. The van der Waals surface area contributed by atoms with Crippen LogP contribution < -0.4 is 14.8 Å². The molecule has 0 saturated carbocycles. The summed E-state index contributed by atoms with van der Waals surface area (Å²) in [5.41, 5.74) is 1.03. The molecule has 0 aliphatic carbocycles. The molecule has 0 aromatic heterocycles. The normalized spacial score (nSPS) is 20.7. The van der Waals surface area contributed by atoms with E-state index in [1.165, 1.54) is 6.42 Å². The van der Waals surface area contributed by atoms with Crippen LogP contribution in [-0.4, -0.2) is 44.7 Å². The minimum atomic E-state index is 0. The van der Waals surface area contributed by atoms with Crippen molar-refractivity contribution in [1.29, 1.82) is 0 Å². The van der Waals surface area contributed by atoms with Gasteiger partial charge in [0.2, 0.25) is 0 Å². The van der Waals surface area contributed by atoms with Crippen molar-refractivity contribution in [3.8, 4) is 11.5 Å². The molecule has 25 heavy (non-hydrogen) atoms. The number of nitrogens with zero attached hydrogens (tertiary/aromatic N) is 2. The zero-order valence-electron chi connectivity index (χ0n) is 16.0. The molecule has 0 bridgehead atoms. The number of methoxy groups -OCH3 is 2. The zero-order valence-corrected chi connectivity index (χ0v) is 18.4. The van der Waals surface area contributed by atoms with Crippen LogP contribution in [0.3, 0.4) is 0 Å². The van der Waals surface area contributed by atoms with Crippen LogP contribution >= 0.6 is 24.0 Å². The third kappa shape index (κ3) is 5.94. The lowest BCUT2D eigenvalue weighted by atomic mass is 9.92. The molecule has 1 aliphatic rings. The van der Waals surface area contributed by atoms with Crippen molar-refractivity contribution in [2.75, 3.05) is 33.9 Å². The number of benzene rings is 1. The van der Waals surface area contributed by atoms with Gasteiger partial charge in [0, 0.05) is 25.2 Å². The fraction of sp³-hybridized carbons (Fsp3) is 0.632. The maximum Gasteiger partial charge on any atom is 0.194 e. The average molecular weight is 461 g/mol. The van der Waals surface area contributed by atoms with E-state index in [1.807, 2.05) is 18.2 Å². The molecule has 1 fully saturated rings. The highest BCUT2D eigenvalue weighted by Gasteiger charge is 2.24. The first-order chi connectivity index (χ1) is 11.6. The molecule has 0 amide bonds. The Hall–Kier alpha value is -1.18. The highest BCUT2D eigenvalue weighted by atomic mass is 127. The van der Waals surface area contributed by atoms with Crippen LogP contribution in [0.15, 0.2) is 23.2 Å². The molecule has 2 atom stereocenters. The third-order valence-electron chi connectivity index (χ3n) is 4.39. The van der Waals surface area contributed by atoms with E-state index >= 15 is 0 Å². The number of aliphatic imine (C=N–C) groups is 1. The quantitative estimate of drug-likeness (QED) is 0.412. The van der Waals surface area contributed by atoms with E-state index in [2.05, 4.69) is 31.0 Å². The molecule has 1 saturated heterocycles. The number of ether oxygens (including phenoxy) is 2. The molecule has 6 heteroatoms. The Morgan fingerprint density at radius 2 is 1.88 bits per heavy atom. The van der Waals surface area contributed by atoms with Crippen molar-refractivity contribution in [1.82, 2.24) is 10.2 Å². The van der Waals surface area contributed by atoms with Crippen LogP contribution in [0.5, 0.6) is 11.5 Å². The van der Waals surface area contributed by atoms with Gasteiger partial charge in [0.15, 0.2) is 17.5 Å². The molecule has 1 aliphatic heterocycles. The number of hydrogen-bond donors (Lipinski definition) is 1. The van der Waals surface area contributed by atoms with Crippen molar-refractivity contribution < 1.29 is 9.47 Å². The summed E-state index contributed by atoms with van der Waals surface area (Å²) in [6, 6.07) is 5.92. The number of guanidine groups is 1. The fourth-order valence-electron chi connectivity index (χ4n) is 3.50. The smallest absolute Gasteiger partial charge is 0.194 e. The largest absolute Gasteiger partial charge is 0.493 e. The number of para-hydroxylation sites is 1. The summed E-state index contributed by atoms with van der Waals surface area (Å²) in [7, 11) is 3.33. The molecule has 0 radical (unpaired) electrons. The predicted octanol–water partition coefficient (Wildman–Crippen LogP) is 3.77. The number of likely N-dealkylation sites (tertiary alicyclic amines) is 1. The summed E-state index contributed by atoms with van der Waals surface area (Å²) in [5.74, 6) is 3.89. The highest BCUT2D eigenvalue weighted by molar-refractivity contribution is 14.0. The van der Waals surface area contributed by atoms with Gasteiger partial charge in [-0.3, -0.25) is 0 Å². The van der Waals surface area contributed by atoms with Gasteiger partial charge >= 0.3 is 0 Å². The van der Waals surface area contributed by atoms with Gasteiger partial charge < -0.3 is 19.7 Å². The Labute approximate surface area is 169 Å². The summed E-state index contributed by atoms with van der Waals surface area (Å²) >= 11 is 0. The van der Waals surface area contributed by atoms with E-state index < -0.39 is 0 Å². The van der Waals surface area contributed by atoms with Crippen molar-refractivity contribution in [2.45, 2.75) is 33.7 Å². The van der Waals surface area contributed by atoms with Gasteiger partial charge in [-0.2, -0.15) is 0 Å².